The molecule has 0 bridgehead atoms. The average Bonchev–Trinajstić information content (AvgIpc) is 0.722. The molecule has 0 aliphatic rings. The minimum Gasteiger partial charge on any atom is 0 e. The molecule has 40 valence electrons. The van der Waals surface area contributed by atoms with E-state index in [1.807, 2.05) is 0 Å². The largest absolute Gasteiger partial charge is 0 e. The van der Waals surface area contributed by atoms with Crippen LogP contribution in [0.3, 0.4) is 0 Å². The molecule has 0 fully saturated rings. The summed E-state index contributed by atoms with van der Waals surface area (Å²) >= 11 is 0. The van der Waals surface area contributed by atoms with Crippen molar-refractivity contribution in [2.24, 2.45) is 0 Å². The van der Waals surface area contributed by atoms with Gasteiger partial charge in [-0.3, -0.25) is 0 Å². The van der Waals surface area contributed by atoms with Gasteiger partial charge in [-0.15, -0.1) is 0 Å². The Hall–Kier alpha value is 1.80. The van der Waals surface area contributed by atoms with Crippen LogP contribution in [0.2, 0.25) is 0 Å². The maximum atomic E-state index is 8.88. The molecule has 0 aliphatic carbocycles. The van der Waals surface area contributed by atoms with Gasteiger partial charge >= 0.3 is 37.4 Å². The van der Waals surface area contributed by atoms with Crippen LogP contribution in [0.5, 0.6) is 0 Å². The Morgan fingerprint density at radius 2 is 1.14 bits per heavy atom. The summed E-state index contributed by atoms with van der Waals surface area (Å²) in [6.07, 6.45) is 0. The van der Waals surface area contributed by atoms with Crippen molar-refractivity contribution in [3.63, 3.8) is 0 Å². The molecule has 0 spiro atoms. The fraction of sp³-hybridized carbons (Fsp3) is 0. The summed E-state index contributed by atoms with van der Waals surface area (Å²) in [7, 11) is -4.64. The van der Waals surface area contributed by atoms with Crippen LogP contribution in [0.1, 0.15) is 0 Å². The molecular weight excluding hydrogens is 302 g/mol. The Balaban J connectivity index is -0.0000000800. The maximum absolute atomic E-state index is 8.88. The molecule has 0 aromatic heterocycles. The van der Waals surface area contributed by atoms with Gasteiger partial charge in [0.15, 0.2) is 0 Å². The van der Waals surface area contributed by atoms with Gasteiger partial charge in [-0.05, 0) is 0 Å². The van der Waals surface area contributed by atoms with E-state index in [0.29, 0.717) is 0 Å². The summed E-state index contributed by atoms with van der Waals surface area (Å²) in [5, 5.41) is 0. The zero-order valence-electron chi connectivity index (χ0n) is 2.61. The maximum Gasteiger partial charge on any atom is 0 e. The topological polar surface area (TPSA) is 77.8 Å². The second kappa shape index (κ2) is 5.93. The molecule has 0 rings (SSSR count). The zero-order chi connectivity index (χ0) is 4.50. The SMILES string of the molecule is O=P(O)(O)O.[NaH].[W]. The second-order valence-corrected chi connectivity index (χ2v) is 1.54. The van der Waals surface area contributed by atoms with Crippen LogP contribution in [0, 0.1) is 0 Å². The average molecular weight is 306 g/mol. The van der Waals surface area contributed by atoms with E-state index in [0.717, 1.165) is 0 Å². The predicted octanol–water partition coefficient (Wildman–Crippen LogP) is -1.58. The van der Waals surface area contributed by atoms with Crippen LogP contribution in [0.25, 0.3) is 0 Å². The van der Waals surface area contributed by atoms with E-state index in [9.17, 15) is 0 Å². The van der Waals surface area contributed by atoms with Crippen molar-refractivity contribution >= 4 is 37.4 Å². The minimum absolute atomic E-state index is 0. The molecule has 4 nitrogen and oxygen atoms in total. The van der Waals surface area contributed by atoms with Crippen molar-refractivity contribution in [1.29, 1.82) is 0 Å². The third-order valence-electron chi connectivity index (χ3n) is 0. The monoisotopic (exact) mass is 306 g/mol. The first-order valence-corrected chi connectivity index (χ1v) is 2.35. The van der Waals surface area contributed by atoms with E-state index >= 15 is 0 Å². The molecule has 0 aromatic carbocycles. The molecule has 0 aromatic rings. The van der Waals surface area contributed by atoms with Gasteiger partial charge in [0.1, 0.15) is 0 Å². The van der Waals surface area contributed by atoms with E-state index < -0.39 is 7.82 Å². The quantitative estimate of drug-likeness (QED) is 0.373. The Kier molecular flexibility index (Phi) is 13.5. The van der Waals surface area contributed by atoms with Crippen LogP contribution in [0.15, 0.2) is 0 Å². The summed E-state index contributed by atoms with van der Waals surface area (Å²) in [6.45, 7) is 0. The minimum atomic E-state index is -4.64. The third kappa shape index (κ3) is 81.1. The molecule has 3 N–H and O–H groups in total. The van der Waals surface area contributed by atoms with E-state index in [1.165, 1.54) is 0 Å². The van der Waals surface area contributed by atoms with Gasteiger partial charge in [0.25, 0.3) is 0 Å². The summed E-state index contributed by atoms with van der Waals surface area (Å²) in [6, 6.07) is 0. The third-order valence-corrected chi connectivity index (χ3v) is 0. The summed E-state index contributed by atoms with van der Waals surface area (Å²) in [5.74, 6) is 0. The molecule has 0 unspecified atom stereocenters. The summed E-state index contributed by atoms with van der Waals surface area (Å²) in [4.78, 5) is 21.6. The molecule has 7 heavy (non-hydrogen) atoms. The summed E-state index contributed by atoms with van der Waals surface area (Å²) < 4.78 is 8.88. The number of rotatable bonds is 0. The van der Waals surface area contributed by atoms with Crippen LogP contribution in [-0.2, 0) is 25.6 Å². The number of phosphoric acid groups is 1. The molecule has 0 atom stereocenters. The van der Waals surface area contributed by atoms with Crippen molar-refractivity contribution in [3.05, 3.63) is 0 Å². The van der Waals surface area contributed by atoms with Gasteiger partial charge < -0.3 is 14.7 Å². The molecule has 0 aliphatic heterocycles. The van der Waals surface area contributed by atoms with E-state index in [1.54, 1.807) is 0 Å². The van der Waals surface area contributed by atoms with Gasteiger partial charge in [0.05, 0.1) is 0 Å². The smallest absolute Gasteiger partial charge is 0 e. The molecule has 0 saturated carbocycles. The van der Waals surface area contributed by atoms with Crippen molar-refractivity contribution < 1.29 is 40.3 Å². The fourth-order valence-corrected chi connectivity index (χ4v) is 0. The predicted molar refractivity (Wildman–Crippen MR) is 21.4 cm³/mol. The molecule has 0 heterocycles. The second-order valence-electron chi connectivity index (χ2n) is 0.513. The molecule has 0 amide bonds. The Bertz CT molecular complexity index is 57.8. The first kappa shape index (κ1) is 15.9. The molecular formula is H4NaO4PW. The van der Waals surface area contributed by atoms with Crippen molar-refractivity contribution in [1.82, 2.24) is 0 Å². The zero-order valence-corrected chi connectivity index (χ0v) is 6.43. The first-order chi connectivity index (χ1) is 2.00. The van der Waals surface area contributed by atoms with Crippen LogP contribution in [-0.4, -0.2) is 44.2 Å². The van der Waals surface area contributed by atoms with E-state index in [4.69, 9.17) is 19.2 Å². The fourth-order valence-electron chi connectivity index (χ4n) is 0. The Morgan fingerprint density at radius 1 is 1.14 bits per heavy atom. The number of hydrogen-bond donors (Lipinski definition) is 3. The van der Waals surface area contributed by atoms with Gasteiger partial charge in [-0.2, -0.15) is 0 Å². The van der Waals surface area contributed by atoms with Crippen molar-refractivity contribution in [3.8, 4) is 0 Å². The summed E-state index contributed by atoms with van der Waals surface area (Å²) in [5.41, 5.74) is 0. The molecule has 7 heteroatoms. The molecule has 0 radical (unpaired) electrons. The Morgan fingerprint density at radius 3 is 1.14 bits per heavy atom. The standard InChI is InChI=1S/Na.H3O4P.W.H/c;1-5(2,3)4;;/h;(H3,1,2,3,4);;. The van der Waals surface area contributed by atoms with E-state index in [2.05, 4.69) is 0 Å². The van der Waals surface area contributed by atoms with Gasteiger partial charge in [-0.25, -0.2) is 4.57 Å². The molecule has 0 saturated heterocycles. The van der Waals surface area contributed by atoms with Crippen LogP contribution >= 0.6 is 7.82 Å². The van der Waals surface area contributed by atoms with Crippen molar-refractivity contribution in [2.75, 3.05) is 0 Å². The van der Waals surface area contributed by atoms with Gasteiger partial charge in [0, 0.05) is 21.1 Å². The van der Waals surface area contributed by atoms with Gasteiger partial charge in [-0.1, -0.05) is 0 Å². The van der Waals surface area contributed by atoms with Crippen molar-refractivity contribution in [2.45, 2.75) is 0 Å². The normalized spacial score (nSPS) is 8.43. The first-order valence-electron chi connectivity index (χ1n) is 0.783. The van der Waals surface area contributed by atoms with Crippen LogP contribution < -0.4 is 0 Å². The number of hydrogen-bond acceptors (Lipinski definition) is 1. The van der Waals surface area contributed by atoms with E-state index in [-0.39, 0.29) is 50.6 Å². The van der Waals surface area contributed by atoms with Gasteiger partial charge in [0.2, 0.25) is 0 Å². The van der Waals surface area contributed by atoms with Crippen LogP contribution in [0.4, 0.5) is 0 Å². The Labute approximate surface area is 77.1 Å².